The smallest absolute Gasteiger partial charge is 0.249 e. The molecule has 4 aliphatic rings. The van der Waals surface area contributed by atoms with Crippen LogP contribution in [-0.4, -0.2) is 33.9 Å². The number of aromatic nitrogens is 2. The minimum absolute atomic E-state index is 0.0743. The predicted molar refractivity (Wildman–Crippen MR) is 100 cm³/mol. The number of carbonyl (C=O) groups is 1. The van der Waals surface area contributed by atoms with Crippen LogP contribution < -0.4 is 4.74 Å². The van der Waals surface area contributed by atoms with Gasteiger partial charge in [0, 0.05) is 30.2 Å². The standard InChI is InChI=1S/C21H17F2N5O2/c22-14-5-13(6-15(23)7-14)17-3-4-25-28(17)19(29)21-9-20(10-21,11-21)12-30-18-2-1-16(8-24)26-27-18/h1-2,4-7,17H,3,9-12H2. The van der Waals surface area contributed by atoms with Crippen LogP contribution in [0.15, 0.2) is 35.4 Å². The minimum Gasteiger partial charge on any atom is -0.476 e. The van der Waals surface area contributed by atoms with Gasteiger partial charge in [0.2, 0.25) is 11.8 Å². The van der Waals surface area contributed by atoms with E-state index in [0.29, 0.717) is 43.7 Å². The Kier molecular flexibility index (Phi) is 4.07. The summed E-state index contributed by atoms with van der Waals surface area (Å²) in [6, 6.07) is 7.86. The Hall–Kier alpha value is -3.41. The lowest BCUT2D eigenvalue weighted by atomic mass is 9.35. The van der Waals surface area contributed by atoms with Gasteiger partial charge < -0.3 is 4.74 Å². The van der Waals surface area contributed by atoms with Crippen molar-refractivity contribution >= 4 is 12.1 Å². The van der Waals surface area contributed by atoms with Crippen molar-refractivity contribution in [3.05, 3.63) is 53.2 Å². The first-order valence-electron chi connectivity index (χ1n) is 9.61. The summed E-state index contributed by atoms with van der Waals surface area (Å²) >= 11 is 0. The lowest BCUT2D eigenvalue weighted by Gasteiger charge is -2.69. The fraction of sp³-hybridized carbons (Fsp3) is 0.381. The maximum Gasteiger partial charge on any atom is 0.249 e. The second-order valence-electron chi connectivity index (χ2n) is 8.37. The molecule has 6 rings (SSSR count). The third kappa shape index (κ3) is 2.91. The summed E-state index contributed by atoms with van der Waals surface area (Å²) in [5.41, 5.74) is 0.0689. The Morgan fingerprint density at radius 3 is 2.57 bits per heavy atom. The highest BCUT2D eigenvalue weighted by molar-refractivity contribution is 5.88. The van der Waals surface area contributed by atoms with Gasteiger partial charge in [-0.3, -0.25) is 4.79 Å². The van der Waals surface area contributed by atoms with Gasteiger partial charge in [-0.25, -0.2) is 13.8 Å². The summed E-state index contributed by atoms with van der Waals surface area (Å²) in [6.45, 7) is 0.421. The highest BCUT2D eigenvalue weighted by atomic mass is 19.1. The summed E-state index contributed by atoms with van der Waals surface area (Å²) in [5, 5.41) is 21.9. The molecule has 0 N–H and O–H groups in total. The molecule has 3 aliphatic carbocycles. The number of hydrogen-bond acceptors (Lipinski definition) is 6. The van der Waals surface area contributed by atoms with E-state index in [1.54, 1.807) is 12.3 Å². The van der Waals surface area contributed by atoms with Gasteiger partial charge in [0.1, 0.15) is 17.7 Å². The number of hydrogen-bond donors (Lipinski definition) is 0. The van der Waals surface area contributed by atoms with Gasteiger partial charge in [-0.1, -0.05) is 0 Å². The van der Waals surface area contributed by atoms with Crippen molar-refractivity contribution in [3.8, 4) is 11.9 Å². The number of rotatable bonds is 5. The van der Waals surface area contributed by atoms with E-state index < -0.39 is 23.1 Å². The van der Waals surface area contributed by atoms with Crippen LogP contribution in [-0.2, 0) is 4.79 Å². The lowest BCUT2D eigenvalue weighted by Crippen LogP contribution is -2.69. The Morgan fingerprint density at radius 1 is 1.20 bits per heavy atom. The zero-order valence-corrected chi connectivity index (χ0v) is 15.9. The number of nitriles is 1. The molecule has 7 nitrogen and oxygen atoms in total. The molecule has 1 unspecified atom stereocenters. The van der Waals surface area contributed by atoms with Crippen LogP contribution in [0.25, 0.3) is 0 Å². The third-order valence-electron chi connectivity index (χ3n) is 6.18. The van der Waals surface area contributed by atoms with Crippen molar-refractivity contribution in [2.24, 2.45) is 15.9 Å². The molecule has 1 atom stereocenters. The molecule has 0 spiro atoms. The second kappa shape index (κ2) is 6.55. The van der Waals surface area contributed by atoms with Gasteiger partial charge in [-0.2, -0.15) is 10.4 Å². The molecule has 0 radical (unpaired) electrons. The summed E-state index contributed by atoms with van der Waals surface area (Å²) < 4.78 is 32.9. The molecule has 0 saturated heterocycles. The van der Waals surface area contributed by atoms with E-state index in [1.807, 2.05) is 6.07 Å². The highest BCUT2D eigenvalue weighted by Crippen LogP contribution is 2.74. The highest BCUT2D eigenvalue weighted by Gasteiger charge is 2.73. The number of nitrogens with zero attached hydrogens (tertiary/aromatic N) is 5. The molecule has 3 saturated carbocycles. The summed E-state index contributed by atoms with van der Waals surface area (Å²) in [4.78, 5) is 13.2. The second-order valence-corrected chi connectivity index (χ2v) is 8.37. The first kappa shape index (κ1) is 18.6. The molecule has 9 heteroatoms. The number of hydrazone groups is 1. The molecular weight excluding hydrogens is 392 g/mol. The maximum atomic E-state index is 13.6. The SMILES string of the molecule is N#Cc1ccc(OCC23CC(C(=O)N4N=CCC4c4cc(F)cc(F)c4)(C2)C3)nn1. The Labute approximate surface area is 171 Å². The van der Waals surface area contributed by atoms with E-state index in [4.69, 9.17) is 10.00 Å². The lowest BCUT2D eigenvalue weighted by molar-refractivity contribution is -0.227. The monoisotopic (exact) mass is 409 g/mol. The van der Waals surface area contributed by atoms with Crippen LogP contribution in [0, 0.1) is 33.8 Å². The first-order chi connectivity index (χ1) is 14.4. The summed E-state index contributed by atoms with van der Waals surface area (Å²) in [7, 11) is 0. The number of halogens is 2. The number of amides is 1. The largest absolute Gasteiger partial charge is 0.476 e. The number of ether oxygens (including phenoxy) is 1. The number of carbonyl (C=O) groups excluding carboxylic acids is 1. The van der Waals surface area contributed by atoms with Crippen LogP contribution in [0.1, 0.15) is 43.0 Å². The maximum absolute atomic E-state index is 13.6. The van der Waals surface area contributed by atoms with Gasteiger partial charge >= 0.3 is 0 Å². The van der Waals surface area contributed by atoms with Gasteiger partial charge in [0.25, 0.3) is 0 Å². The van der Waals surface area contributed by atoms with Gasteiger partial charge in [0.05, 0.1) is 18.1 Å². The Bertz CT molecular complexity index is 1060. The summed E-state index contributed by atoms with van der Waals surface area (Å²) in [6.07, 6.45) is 4.08. The zero-order valence-electron chi connectivity index (χ0n) is 15.9. The van der Waals surface area contributed by atoms with E-state index in [1.165, 1.54) is 23.2 Å². The Morgan fingerprint density at radius 2 is 1.93 bits per heavy atom. The van der Waals surface area contributed by atoms with Crippen molar-refractivity contribution < 1.29 is 18.3 Å². The molecule has 3 fully saturated rings. The van der Waals surface area contributed by atoms with Crippen molar-refractivity contribution in [2.75, 3.05) is 6.61 Å². The van der Waals surface area contributed by atoms with E-state index in [9.17, 15) is 13.6 Å². The molecule has 1 aliphatic heterocycles. The first-order valence-corrected chi connectivity index (χ1v) is 9.61. The quantitative estimate of drug-likeness (QED) is 0.757. The normalized spacial score (nSPS) is 28.4. The Balaban J connectivity index is 1.22. The molecule has 2 aromatic rings. The molecule has 1 amide bonds. The molecule has 30 heavy (non-hydrogen) atoms. The van der Waals surface area contributed by atoms with Crippen LogP contribution in [0.2, 0.25) is 0 Å². The van der Waals surface area contributed by atoms with Crippen molar-refractivity contribution in [1.82, 2.24) is 15.2 Å². The zero-order chi connectivity index (χ0) is 20.9. The van der Waals surface area contributed by atoms with Gasteiger partial charge in [-0.15, -0.1) is 10.2 Å². The molecule has 2 bridgehead atoms. The fourth-order valence-corrected chi connectivity index (χ4v) is 4.96. The van der Waals surface area contributed by atoms with Gasteiger partial charge in [-0.05, 0) is 43.0 Å². The molecule has 152 valence electrons. The van der Waals surface area contributed by atoms with Crippen LogP contribution in [0.4, 0.5) is 8.78 Å². The molecule has 1 aromatic heterocycles. The van der Waals surface area contributed by atoms with Crippen molar-refractivity contribution in [2.45, 2.75) is 31.7 Å². The average molecular weight is 409 g/mol. The summed E-state index contributed by atoms with van der Waals surface area (Å²) in [5.74, 6) is -1.10. The van der Waals surface area contributed by atoms with Gasteiger partial charge in [0.15, 0.2) is 5.69 Å². The van der Waals surface area contributed by atoms with Crippen LogP contribution in [0.3, 0.4) is 0 Å². The topological polar surface area (TPSA) is 91.5 Å². The van der Waals surface area contributed by atoms with E-state index in [2.05, 4.69) is 15.3 Å². The molecule has 1 aromatic carbocycles. The van der Waals surface area contributed by atoms with Crippen LogP contribution in [0.5, 0.6) is 5.88 Å². The molecule has 2 heterocycles. The average Bonchev–Trinajstić information content (AvgIpc) is 3.15. The third-order valence-corrected chi connectivity index (χ3v) is 6.18. The van der Waals surface area contributed by atoms with Crippen molar-refractivity contribution in [3.63, 3.8) is 0 Å². The van der Waals surface area contributed by atoms with Crippen molar-refractivity contribution in [1.29, 1.82) is 5.26 Å². The van der Waals surface area contributed by atoms with E-state index in [-0.39, 0.29) is 17.0 Å². The molecular formula is C21H17F2N5O2. The van der Waals surface area contributed by atoms with Crippen LogP contribution >= 0.6 is 0 Å². The van der Waals surface area contributed by atoms with E-state index >= 15 is 0 Å². The van der Waals surface area contributed by atoms with E-state index in [0.717, 1.165) is 6.07 Å². The number of benzene rings is 1. The minimum atomic E-state index is -0.670. The fourth-order valence-electron chi connectivity index (χ4n) is 4.96. The predicted octanol–water partition coefficient (Wildman–Crippen LogP) is 3.13.